The number of carbonyl (C=O) groups excluding carboxylic acids is 1. The van der Waals surface area contributed by atoms with Crippen molar-refractivity contribution < 1.29 is 14.3 Å². The third-order valence-electron chi connectivity index (χ3n) is 4.17. The number of nitrogens with one attached hydrogen (secondary N) is 3. The zero-order valence-electron chi connectivity index (χ0n) is 18.0. The first kappa shape index (κ1) is 26.3. The Kier molecular flexibility index (Phi) is 12.1. The van der Waals surface area contributed by atoms with Crippen molar-refractivity contribution >= 4 is 41.5 Å². The number of rotatable bonds is 9. The quantitative estimate of drug-likeness (QED) is 0.151. The number of ether oxygens (including phenoxy) is 2. The molecule has 0 spiro atoms. The van der Waals surface area contributed by atoms with Crippen LogP contribution in [0.25, 0.3) is 0 Å². The number of carbonyl (C=O) groups is 1. The van der Waals surface area contributed by atoms with Gasteiger partial charge < -0.3 is 25.4 Å². The van der Waals surface area contributed by atoms with E-state index in [1.54, 1.807) is 38.4 Å². The lowest BCUT2D eigenvalue weighted by molar-refractivity contribution is -0.115. The Labute approximate surface area is 201 Å². The molecule has 0 unspecified atom stereocenters. The average molecular weight is 536 g/mol. The summed E-state index contributed by atoms with van der Waals surface area (Å²) < 4.78 is 10.8. The highest BCUT2D eigenvalue weighted by Gasteiger charge is 2.08. The molecule has 0 fully saturated rings. The third kappa shape index (κ3) is 9.27. The van der Waals surface area contributed by atoms with Crippen molar-refractivity contribution in [2.45, 2.75) is 13.5 Å². The van der Waals surface area contributed by atoms with Gasteiger partial charge in [0.2, 0.25) is 5.91 Å². The second-order valence-electron chi connectivity index (χ2n) is 6.51. The molecule has 1 amide bonds. The number of hydrogen-bond acceptors (Lipinski definition) is 4. The zero-order chi connectivity index (χ0) is 21.8. The molecule has 2 aromatic rings. The number of methoxy groups -OCH3 is 1. The third-order valence-corrected chi connectivity index (χ3v) is 4.17. The normalized spacial score (nSPS) is 10.5. The predicted molar refractivity (Wildman–Crippen MR) is 135 cm³/mol. The second kappa shape index (κ2) is 14.3. The summed E-state index contributed by atoms with van der Waals surface area (Å²) in [5.41, 5.74) is 3.45. The molecule has 0 radical (unpaired) electrons. The standard InChI is InChI=1S/C23H28N4O3.HI/c1-5-18-7-6-8-20(14-18)27-22(28)16-26-23(24-3)25-15-19-10-9-17(2)13-21(19)30-12-11-29-4;/h1,6-10,13-14H,11-12,15-16H2,2-4H3,(H,27,28)(H2,24,25,26);1H. The Morgan fingerprint density at radius 1 is 1.16 bits per heavy atom. The fraction of sp³-hybridized carbons (Fsp3) is 0.304. The number of aliphatic imine (C=N–C) groups is 1. The maximum Gasteiger partial charge on any atom is 0.243 e. The lowest BCUT2D eigenvalue weighted by Gasteiger charge is -2.15. The van der Waals surface area contributed by atoms with E-state index >= 15 is 0 Å². The van der Waals surface area contributed by atoms with Gasteiger partial charge in [-0.3, -0.25) is 9.79 Å². The summed E-state index contributed by atoms with van der Waals surface area (Å²) in [5.74, 6) is 3.64. The van der Waals surface area contributed by atoms with Crippen LogP contribution in [0.2, 0.25) is 0 Å². The molecule has 0 saturated carbocycles. The van der Waals surface area contributed by atoms with Crippen LogP contribution in [0.1, 0.15) is 16.7 Å². The van der Waals surface area contributed by atoms with E-state index in [-0.39, 0.29) is 36.4 Å². The molecule has 8 heteroatoms. The van der Waals surface area contributed by atoms with Crippen LogP contribution in [-0.2, 0) is 16.1 Å². The Morgan fingerprint density at radius 2 is 1.97 bits per heavy atom. The van der Waals surface area contributed by atoms with Crippen LogP contribution in [0.3, 0.4) is 0 Å². The molecule has 0 aliphatic rings. The minimum Gasteiger partial charge on any atom is -0.491 e. The van der Waals surface area contributed by atoms with Crippen LogP contribution < -0.4 is 20.7 Å². The summed E-state index contributed by atoms with van der Waals surface area (Å²) in [5, 5.41) is 8.99. The molecule has 0 aromatic heterocycles. The molecule has 0 atom stereocenters. The number of nitrogens with zero attached hydrogens (tertiary/aromatic N) is 1. The lowest BCUT2D eigenvalue weighted by Crippen LogP contribution is -2.41. The van der Waals surface area contributed by atoms with E-state index in [1.807, 2.05) is 25.1 Å². The van der Waals surface area contributed by atoms with Gasteiger partial charge in [-0.25, -0.2) is 0 Å². The smallest absolute Gasteiger partial charge is 0.243 e. The summed E-state index contributed by atoms with van der Waals surface area (Å²) in [6.45, 7) is 3.56. The molecule has 3 N–H and O–H groups in total. The van der Waals surface area contributed by atoms with Crippen molar-refractivity contribution in [1.82, 2.24) is 10.6 Å². The summed E-state index contributed by atoms with van der Waals surface area (Å²) in [6.07, 6.45) is 5.39. The van der Waals surface area contributed by atoms with Gasteiger partial charge >= 0.3 is 0 Å². The van der Waals surface area contributed by atoms with Gasteiger partial charge in [0.1, 0.15) is 12.4 Å². The highest BCUT2D eigenvalue weighted by Crippen LogP contribution is 2.20. The fourth-order valence-corrected chi connectivity index (χ4v) is 2.63. The summed E-state index contributed by atoms with van der Waals surface area (Å²) in [6, 6.07) is 13.1. The monoisotopic (exact) mass is 536 g/mol. The SMILES string of the molecule is C#Cc1cccc(NC(=O)CNC(=NC)NCc2ccc(C)cc2OCCOC)c1.I. The molecule has 0 aliphatic heterocycles. The fourth-order valence-electron chi connectivity index (χ4n) is 2.63. The van der Waals surface area contributed by atoms with E-state index in [2.05, 4.69) is 26.9 Å². The molecular weight excluding hydrogens is 507 g/mol. The van der Waals surface area contributed by atoms with Crippen LogP contribution in [-0.4, -0.2) is 45.8 Å². The van der Waals surface area contributed by atoms with Gasteiger partial charge in [0, 0.05) is 37.5 Å². The van der Waals surface area contributed by atoms with Crippen molar-refractivity contribution in [2.24, 2.45) is 4.99 Å². The van der Waals surface area contributed by atoms with Crippen LogP contribution in [0.5, 0.6) is 5.75 Å². The first-order valence-electron chi connectivity index (χ1n) is 9.58. The summed E-state index contributed by atoms with van der Waals surface area (Å²) in [4.78, 5) is 16.4. The van der Waals surface area contributed by atoms with Crippen molar-refractivity contribution in [1.29, 1.82) is 0 Å². The molecule has 31 heavy (non-hydrogen) atoms. The first-order valence-corrected chi connectivity index (χ1v) is 9.58. The number of amides is 1. The zero-order valence-corrected chi connectivity index (χ0v) is 20.4. The number of anilines is 1. The van der Waals surface area contributed by atoms with E-state index in [0.717, 1.165) is 16.9 Å². The van der Waals surface area contributed by atoms with Gasteiger partial charge in [0.25, 0.3) is 0 Å². The minimum atomic E-state index is -0.203. The number of benzene rings is 2. The van der Waals surface area contributed by atoms with Crippen LogP contribution in [0, 0.1) is 19.3 Å². The molecule has 0 bridgehead atoms. The molecule has 0 heterocycles. The maximum absolute atomic E-state index is 12.2. The Morgan fingerprint density at radius 3 is 2.68 bits per heavy atom. The average Bonchev–Trinajstić information content (AvgIpc) is 2.75. The minimum absolute atomic E-state index is 0. The van der Waals surface area contributed by atoms with Gasteiger partial charge in [-0.1, -0.05) is 24.1 Å². The van der Waals surface area contributed by atoms with Crippen LogP contribution in [0.15, 0.2) is 47.5 Å². The molecule has 0 aliphatic carbocycles. The topological polar surface area (TPSA) is 84.0 Å². The molecule has 2 rings (SSSR count). The molecule has 0 saturated heterocycles. The van der Waals surface area contributed by atoms with E-state index in [9.17, 15) is 4.79 Å². The summed E-state index contributed by atoms with van der Waals surface area (Å²) in [7, 11) is 3.29. The van der Waals surface area contributed by atoms with Crippen LogP contribution >= 0.6 is 24.0 Å². The lowest BCUT2D eigenvalue weighted by atomic mass is 10.1. The highest BCUT2D eigenvalue weighted by atomic mass is 127. The van der Waals surface area contributed by atoms with E-state index in [0.29, 0.717) is 37.0 Å². The Balaban J connectivity index is 0.00000480. The largest absolute Gasteiger partial charge is 0.491 e. The number of halogens is 1. The van der Waals surface area contributed by atoms with Crippen molar-refractivity contribution in [3.8, 4) is 18.1 Å². The van der Waals surface area contributed by atoms with Gasteiger partial charge in [-0.05, 0) is 36.8 Å². The Bertz CT molecular complexity index is 925. The number of aryl methyl sites for hydroxylation is 1. The van der Waals surface area contributed by atoms with Crippen molar-refractivity contribution in [3.63, 3.8) is 0 Å². The molecule has 166 valence electrons. The molecule has 2 aromatic carbocycles. The van der Waals surface area contributed by atoms with Gasteiger partial charge in [-0.2, -0.15) is 0 Å². The highest BCUT2D eigenvalue weighted by molar-refractivity contribution is 14.0. The van der Waals surface area contributed by atoms with Crippen LogP contribution in [0.4, 0.5) is 5.69 Å². The first-order chi connectivity index (χ1) is 14.5. The van der Waals surface area contributed by atoms with Gasteiger partial charge in [0.15, 0.2) is 5.96 Å². The number of hydrogen-bond donors (Lipinski definition) is 3. The molecule has 7 nitrogen and oxygen atoms in total. The Hall–Kier alpha value is -2.77. The van der Waals surface area contributed by atoms with Crippen molar-refractivity contribution in [3.05, 3.63) is 59.2 Å². The number of guanidine groups is 1. The maximum atomic E-state index is 12.2. The van der Waals surface area contributed by atoms with E-state index in [4.69, 9.17) is 15.9 Å². The predicted octanol–water partition coefficient (Wildman–Crippen LogP) is 2.92. The number of terminal acetylenes is 1. The van der Waals surface area contributed by atoms with Gasteiger partial charge in [0.05, 0.1) is 13.2 Å². The van der Waals surface area contributed by atoms with E-state index in [1.165, 1.54) is 0 Å². The summed E-state index contributed by atoms with van der Waals surface area (Å²) >= 11 is 0. The van der Waals surface area contributed by atoms with E-state index < -0.39 is 0 Å². The van der Waals surface area contributed by atoms with Gasteiger partial charge in [-0.15, -0.1) is 30.4 Å². The van der Waals surface area contributed by atoms with Crippen molar-refractivity contribution in [2.75, 3.05) is 39.2 Å². The molecular formula is C23H29IN4O3. The second-order valence-corrected chi connectivity index (χ2v) is 6.51.